The molecule has 2 N–H and O–H groups in total. The van der Waals surface area contributed by atoms with Crippen molar-refractivity contribution in [1.29, 1.82) is 0 Å². The second kappa shape index (κ2) is 5.89. The predicted molar refractivity (Wildman–Crippen MR) is 85.1 cm³/mol. The van der Waals surface area contributed by atoms with E-state index in [1.54, 1.807) is 6.08 Å². The predicted octanol–water partition coefficient (Wildman–Crippen LogP) is 3.35. The average molecular weight is 295 g/mol. The molecule has 1 amide bonds. The van der Waals surface area contributed by atoms with E-state index in [2.05, 4.69) is 15.3 Å². The van der Waals surface area contributed by atoms with Crippen LogP contribution in [0.2, 0.25) is 0 Å². The summed E-state index contributed by atoms with van der Waals surface area (Å²) in [6, 6.07) is 11.2. The van der Waals surface area contributed by atoms with Crippen LogP contribution in [-0.4, -0.2) is 15.9 Å². The van der Waals surface area contributed by atoms with Gasteiger partial charge in [0, 0.05) is 6.08 Å². The lowest BCUT2D eigenvalue weighted by Gasteiger charge is -2.08. The highest BCUT2D eigenvalue weighted by Crippen LogP contribution is 2.15. The largest absolute Gasteiger partial charge is 0.462 e. The summed E-state index contributed by atoms with van der Waals surface area (Å²) in [4.78, 5) is 19.6. The molecule has 2 aromatic heterocycles. The van der Waals surface area contributed by atoms with Gasteiger partial charge in [-0.3, -0.25) is 4.79 Å². The maximum absolute atomic E-state index is 11.9. The molecule has 0 aliphatic rings. The van der Waals surface area contributed by atoms with Crippen molar-refractivity contribution in [2.24, 2.45) is 0 Å². The number of aromatic nitrogens is 2. The molecular formula is C17H17N3O2. The molecule has 0 radical (unpaired) electrons. The fourth-order valence-electron chi connectivity index (χ4n) is 2.21. The van der Waals surface area contributed by atoms with Crippen LogP contribution in [0.4, 0.5) is 0 Å². The van der Waals surface area contributed by atoms with Gasteiger partial charge in [0.15, 0.2) is 0 Å². The molecule has 1 atom stereocenters. The van der Waals surface area contributed by atoms with Crippen molar-refractivity contribution in [1.82, 2.24) is 15.3 Å². The molecule has 0 saturated carbocycles. The second-order valence-corrected chi connectivity index (χ2v) is 5.15. The Labute approximate surface area is 128 Å². The van der Waals surface area contributed by atoms with Crippen LogP contribution in [0.15, 0.2) is 46.9 Å². The van der Waals surface area contributed by atoms with Gasteiger partial charge in [0.25, 0.3) is 0 Å². The fraction of sp³-hybridized carbons (Fsp3) is 0.176. The highest BCUT2D eigenvalue weighted by molar-refractivity contribution is 5.91. The van der Waals surface area contributed by atoms with Gasteiger partial charge in [-0.1, -0.05) is 12.1 Å². The van der Waals surface area contributed by atoms with Gasteiger partial charge >= 0.3 is 0 Å². The lowest BCUT2D eigenvalue weighted by Crippen LogP contribution is -2.25. The summed E-state index contributed by atoms with van der Waals surface area (Å²) in [6.45, 7) is 3.75. The van der Waals surface area contributed by atoms with Crippen molar-refractivity contribution in [2.75, 3.05) is 0 Å². The van der Waals surface area contributed by atoms with Crippen molar-refractivity contribution < 1.29 is 9.21 Å². The van der Waals surface area contributed by atoms with E-state index in [1.165, 1.54) is 6.08 Å². The number of imidazole rings is 1. The quantitative estimate of drug-likeness (QED) is 0.725. The summed E-state index contributed by atoms with van der Waals surface area (Å²) < 4.78 is 5.38. The zero-order valence-electron chi connectivity index (χ0n) is 12.5. The van der Waals surface area contributed by atoms with E-state index in [0.717, 1.165) is 22.6 Å². The van der Waals surface area contributed by atoms with E-state index >= 15 is 0 Å². The summed E-state index contributed by atoms with van der Waals surface area (Å²) >= 11 is 0. The Balaban J connectivity index is 1.66. The number of H-pyrrole nitrogens is 1. The van der Waals surface area contributed by atoms with Crippen LogP contribution in [0.3, 0.4) is 0 Å². The summed E-state index contributed by atoms with van der Waals surface area (Å²) in [5.41, 5.74) is 1.85. The maximum Gasteiger partial charge on any atom is 0.244 e. The Bertz CT molecular complexity index is 796. The minimum absolute atomic E-state index is 0.193. The van der Waals surface area contributed by atoms with Crippen LogP contribution in [0.25, 0.3) is 17.1 Å². The first-order chi connectivity index (χ1) is 10.6. The molecule has 0 fully saturated rings. The Morgan fingerprint density at radius 2 is 2.14 bits per heavy atom. The van der Waals surface area contributed by atoms with Crippen molar-refractivity contribution in [3.05, 3.63) is 59.8 Å². The normalized spacial score (nSPS) is 12.8. The molecule has 112 valence electrons. The van der Waals surface area contributed by atoms with Gasteiger partial charge in [0.2, 0.25) is 5.91 Å². The summed E-state index contributed by atoms with van der Waals surface area (Å²) in [5, 5.41) is 2.87. The number of amides is 1. The number of para-hydroxylation sites is 2. The first-order valence-electron chi connectivity index (χ1n) is 7.11. The number of nitrogens with one attached hydrogen (secondary N) is 2. The molecule has 5 nitrogen and oxygen atoms in total. The number of benzene rings is 1. The highest BCUT2D eigenvalue weighted by Gasteiger charge is 2.12. The van der Waals surface area contributed by atoms with Crippen molar-refractivity contribution in [3.63, 3.8) is 0 Å². The number of fused-ring (bicyclic) bond motifs is 1. The first kappa shape index (κ1) is 14.1. The van der Waals surface area contributed by atoms with Crippen molar-refractivity contribution >= 4 is 23.0 Å². The lowest BCUT2D eigenvalue weighted by molar-refractivity contribution is -0.117. The molecule has 22 heavy (non-hydrogen) atoms. The fourth-order valence-corrected chi connectivity index (χ4v) is 2.21. The van der Waals surface area contributed by atoms with Gasteiger partial charge in [-0.15, -0.1) is 0 Å². The molecule has 3 aromatic rings. The lowest BCUT2D eigenvalue weighted by atomic mass is 10.3. The average Bonchev–Trinajstić information content (AvgIpc) is 3.11. The van der Waals surface area contributed by atoms with E-state index in [-0.39, 0.29) is 11.9 Å². The number of carbonyl (C=O) groups excluding carboxylic acids is 1. The van der Waals surface area contributed by atoms with Crippen LogP contribution < -0.4 is 5.32 Å². The minimum Gasteiger partial charge on any atom is -0.462 e. The third kappa shape index (κ3) is 3.09. The SMILES string of the molecule is Cc1ccc(/C=C/C(=O)NC(C)c2nc3ccccc3[nH]2)o1. The van der Waals surface area contributed by atoms with E-state index in [1.807, 2.05) is 50.2 Å². The molecule has 0 bridgehead atoms. The summed E-state index contributed by atoms with van der Waals surface area (Å²) in [6.07, 6.45) is 3.10. The zero-order valence-corrected chi connectivity index (χ0v) is 12.5. The number of nitrogens with zero attached hydrogens (tertiary/aromatic N) is 1. The van der Waals surface area contributed by atoms with Crippen LogP contribution in [0.5, 0.6) is 0 Å². The summed E-state index contributed by atoms with van der Waals surface area (Å²) in [7, 11) is 0. The molecule has 0 saturated heterocycles. The third-order valence-electron chi connectivity index (χ3n) is 3.34. The Hall–Kier alpha value is -2.82. The topological polar surface area (TPSA) is 70.9 Å². The molecule has 1 aromatic carbocycles. The number of furan rings is 1. The number of aromatic amines is 1. The molecular weight excluding hydrogens is 278 g/mol. The van der Waals surface area contributed by atoms with E-state index in [9.17, 15) is 4.79 Å². The number of rotatable bonds is 4. The maximum atomic E-state index is 11.9. The van der Waals surface area contributed by atoms with Gasteiger partial charge < -0.3 is 14.7 Å². The van der Waals surface area contributed by atoms with Gasteiger partial charge in [-0.05, 0) is 44.2 Å². The van der Waals surface area contributed by atoms with Gasteiger partial charge in [0.05, 0.1) is 17.1 Å². The van der Waals surface area contributed by atoms with Crippen LogP contribution in [-0.2, 0) is 4.79 Å². The van der Waals surface area contributed by atoms with E-state index in [4.69, 9.17) is 4.42 Å². The summed E-state index contributed by atoms with van der Waals surface area (Å²) in [5.74, 6) is 2.01. The molecule has 0 aliphatic carbocycles. The molecule has 5 heteroatoms. The molecule has 1 unspecified atom stereocenters. The number of hydrogen-bond acceptors (Lipinski definition) is 3. The van der Waals surface area contributed by atoms with Crippen LogP contribution in [0, 0.1) is 6.92 Å². The molecule has 0 aliphatic heterocycles. The number of hydrogen-bond donors (Lipinski definition) is 2. The first-order valence-corrected chi connectivity index (χ1v) is 7.11. The standard InChI is InChI=1S/C17H17N3O2/c1-11-7-8-13(22-11)9-10-16(21)18-12(2)17-19-14-5-3-4-6-15(14)20-17/h3-10,12H,1-2H3,(H,18,21)(H,19,20)/b10-9+. The third-order valence-corrected chi connectivity index (χ3v) is 3.34. The smallest absolute Gasteiger partial charge is 0.244 e. The molecule has 3 rings (SSSR count). The number of aryl methyl sites for hydroxylation is 1. The van der Waals surface area contributed by atoms with Crippen LogP contribution in [0.1, 0.15) is 30.3 Å². The van der Waals surface area contributed by atoms with Crippen molar-refractivity contribution in [3.8, 4) is 0 Å². The monoisotopic (exact) mass is 295 g/mol. The minimum atomic E-state index is -0.206. The van der Waals surface area contributed by atoms with Gasteiger partial charge in [0.1, 0.15) is 17.3 Å². The Morgan fingerprint density at radius 1 is 1.32 bits per heavy atom. The second-order valence-electron chi connectivity index (χ2n) is 5.15. The Kier molecular flexibility index (Phi) is 3.78. The van der Waals surface area contributed by atoms with E-state index < -0.39 is 0 Å². The molecule has 0 spiro atoms. The van der Waals surface area contributed by atoms with Crippen LogP contribution >= 0.6 is 0 Å². The van der Waals surface area contributed by atoms with E-state index in [0.29, 0.717) is 5.76 Å². The highest BCUT2D eigenvalue weighted by atomic mass is 16.3. The molecule has 2 heterocycles. The number of carbonyl (C=O) groups is 1. The Morgan fingerprint density at radius 3 is 2.86 bits per heavy atom. The van der Waals surface area contributed by atoms with Gasteiger partial charge in [-0.2, -0.15) is 0 Å². The van der Waals surface area contributed by atoms with Gasteiger partial charge in [-0.25, -0.2) is 4.98 Å². The zero-order chi connectivity index (χ0) is 15.5. The van der Waals surface area contributed by atoms with Crippen molar-refractivity contribution in [2.45, 2.75) is 19.9 Å².